The molecule has 0 spiro atoms. The number of halogens is 2. The Morgan fingerprint density at radius 1 is 1.20 bits per heavy atom. The highest BCUT2D eigenvalue weighted by Gasteiger charge is 2.20. The third kappa shape index (κ3) is 3.02. The Balaban J connectivity index is 1.86. The van der Waals surface area contributed by atoms with Gasteiger partial charge in [-0.15, -0.1) is 0 Å². The molecule has 2 aromatic carbocycles. The van der Waals surface area contributed by atoms with E-state index in [1.165, 1.54) is 18.9 Å². The summed E-state index contributed by atoms with van der Waals surface area (Å²) in [7, 11) is 0. The largest absolute Gasteiger partial charge is 0.310 e. The average molecular weight is 290 g/mol. The molecule has 1 aliphatic carbocycles. The van der Waals surface area contributed by atoms with E-state index >= 15 is 0 Å². The monoisotopic (exact) mass is 289 g/mol. The van der Waals surface area contributed by atoms with E-state index in [0.29, 0.717) is 16.6 Å². The predicted molar refractivity (Wildman–Crippen MR) is 81.4 cm³/mol. The topological polar surface area (TPSA) is 12.0 Å². The van der Waals surface area contributed by atoms with E-state index in [9.17, 15) is 4.39 Å². The molecule has 1 nitrogen and oxygen atoms in total. The van der Waals surface area contributed by atoms with E-state index in [-0.39, 0.29) is 5.82 Å². The third-order valence-corrected chi connectivity index (χ3v) is 4.00. The minimum Gasteiger partial charge on any atom is -0.310 e. The smallest absolute Gasteiger partial charge is 0.131 e. The number of benzene rings is 2. The molecule has 0 saturated heterocycles. The summed E-state index contributed by atoms with van der Waals surface area (Å²) >= 11 is 6.31. The molecular weight excluding hydrogens is 273 g/mol. The first-order valence-corrected chi connectivity index (χ1v) is 7.29. The van der Waals surface area contributed by atoms with Crippen LogP contribution in [0.1, 0.15) is 24.0 Å². The zero-order valence-corrected chi connectivity index (χ0v) is 12.2. The van der Waals surface area contributed by atoms with Crippen molar-refractivity contribution in [3.63, 3.8) is 0 Å². The number of hydrogen-bond donors (Lipinski definition) is 1. The first-order chi connectivity index (χ1) is 9.63. The quantitative estimate of drug-likeness (QED) is 0.860. The molecule has 0 bridgehead atoms. The molecule has 0 unspecified atom stereocenters. The van der Waals surface area contributed by atoms with Crippen molar-refractivity contribution in [2.75, 3.05) is 0 Å². The summed E-state index contributed by atoms with van der Waals surface area (Å²) in [6, 6.07) is 11.5. The van der Waals surface area contributed by atoms with Gasteiger partial charge in [-0.2, -0.15) is 0 Å². The molecule has 20 heavy (non-hydrogen) atoms. The first-order valence-electron chi connectivity index (χ1n) is 6.92. The van der Waals surface area contributed by atoms with E-state index in [0.717, 1.165) is 23.2 Å². The van der Waals surface area contributed by atoms with Crippen molar-refractivity contribution >= 4 is 11.6 Å². The van der Waals surface area contributed by atoms with Crippen molar-refractivity contribution in [2.24, 2.45) is 0 Å². The van der Waals surface area contributed by atoms with Gasteiger partial charge in [0.1, 0.15) is 5.82 Å². The van der Waals surface area contributed by atoms with Gasteiger partial charge in [-0.25, -0.2) is 4.39 Å². The Hall–Kier alpha value is -1.38. The van der Waals surface area contributed by atoms with E-state index in [4.69, 9.17) is 11.6 Å². The van der Waals surface area contributed by atoms with Crippen LogP contribution in [0.15, 0.2) is 36.4 Å². The first kappa shape index (κ1) is 13.6. The molecule has 0 atom stereocenters. The fourth-order valence-corrected chi connectivity index (χ4v) is 2.51. The van der Waals surface area contributed by atoms with Crippen LogP contribution in [0.5, 0.6) is 0 Å². The Labute approximate surface area is 123 Å². The summed E-state index contributed by atoms with van der Waals surface area (Å²) in [4.78, 5) is 0. The molecular formula is C17H17ClFN. The van der Waals surface area contributed by atoms with Gasteiger partial charge in [-0.05, 0) is 49.1 Å². The lowest BCUT2D eigenvalue weighted by molar-refractivity contribution is 0.631. The maximum Gasteiger partial charge on any atom is 0.131 e. The van der Waals surface area contributed by atoms with Crippen LogP contribution in [0, 0.1) is 12.7 Å². The van der Waals surface area contributed by atoms with Gasteiger partial charge in [0.25, 0.3) is 0 Å². The summed E-state index contributed by atoms with van der Waals surface area (Å²) in [5.74, 6) is -0.212. The summed E-state index contributed by atoms with van der Waals surface area (Å²) in [5, 5.41) is 4.13. The summed E-state index contributed by atoms with van der Waals surface area (Å²) < 4.78 is 13.9. The van der Waals surface area contributed by atoms with Crippen LogP contribution in [-0.4, -0.2) is 6.04 Å². The second-order valence-corrected chi connectivity index (χ2v) is 5.85. The van der Waals surface area contributed by atoms with Crippen LogP contribution in [-0.2, 0) is 6.54 Å². The molecule has 0 aromatic heterocycles. The SMILES string of the molecule is Cc1ccc(F)c(-c2ccc(CNC3CC3)c(Cl)c2)c1. The molecule has 3 rings (SSSR count). The zero-order chi connectivity index (χ0) is 14.1. The van der Waals surface area contributed by atoms with Crippen LogP contribution >= 0.6 is 11.6 Å². The lowest BCUT2D eigenvalue weighted by Gasteiger charge is -2.09. The maximum atomic E-state index is 13.9. The molecule has 2 aromatic rings. The second kappa shape index (κ2) is 5.55. The Morgan fingerprint density at radius 2 is 2.00 bits per heavy atom. The van der Waals surface area contributed by atoms with Gasteiger partial charge >= 0.3 is 0 Å². The normalized spacial score (nSPS) is 14.6. The summed E-state index contributed by atoms with van der Waals surface area (Å²) in [6.45, 7) is 2.73. The predicted octanol–water partition coefficient (Wildman–Crippen LogP) is 4.71. The highest BCUT2D eigenvalue weighted by atomic mass is 35.5. The maximum absolute atomic E-state index is 13.9. The van der Waals surface area contributed by atoms with Crippen molar-refractivity contribution < 1.29 is 4.39 Å². The van der Waals surface area contributed by atoms with Crippen LogP contribution in [0.4, 0.5) is 4.39 Å². The van der Waals surface area contributed by atoms with Crippen molar-refractivity contribution in [3.05, 3.63) is 58.4 Å². The minimum absolute atomic E-state index is 0.212. The lowest BCUT2D eigenvalue weighted by Crippen LogP contribution is -2.15. The van der Waals surface area contributed by atoms with Crippen LogP contribution in [0.25, 0.3) is 11.1 Å². The van der Waals surface area contributed by atoms with Crippen molar-refractivity contribution in [2.45, 2.75) is 32.4 Å². The molecule has 1 N–H and O–H groups in total. The molecule has 0 aliphatic heterocycles. The fraction of sp³-hybridized carbons (Fsp3) is 0.294. The van der Waals surface area contributed by atoms with Crippen molar-refractivity contribution in [1.82, 2.24) is 5.32 Å². The van der Waals surface area contributed by atoms with E-state index in [1.807, 2.05) is 31.2 Å². The van der Waals surface area contributed by atoms with Gasteiger partial charge in [0.05, 0.1) is 0 Å². The molecule has 0 amide bonds. The van der Waals surface area contributed by atoms with Crippen LogP contribution in [0.3, 0.4) is 0 Å². The highest BCUT2D eigenvalue weighted by Crippen LogP contribution is 2.29. The molecule has 104 valence electrons. The van der Waals surface area contributed by atoms with Crippen molar-refractivity contribution in [1.29, 1.82) is 0 Å². The van der Waals surface area contributed by atoms with Gasteiger partial charge in [0, 0.05) is 23.2 Å². The average Bonchev–Trinajstić information content (AvgIpc) is 3.24. The number of rotatable bonds is 4. The lowest BCUT2D eigenvalue weighted by atomic mass is 10.0. The Bertz CT molecular complexity index is 635. The second-order valence-electron chi connectivity index (χ2n) is 5.44. The molecule has 3 heteroatoms. The Morgan fingerprint density at radius 3 is 2.70 bits per heavy atom. The van der Waals surface area contributed by atoms with Gasteiger partial charge in [-0.3, -0.25) is 0 Å². The number of hydrogen-bond acceptors (Lipinski definition) is 1. The van der Waals surface area contributed by atoms with Gasteiger partial charge in [0.2, 0.25) is 0 Å². The van der Waals surface area contributed by atoms with Crippen LogP contribution < -0.4 is 5.32 Å². The minimum atomic E-state index is -0.212. The number of nitrogens with one attached hydrogen (secondary N) is 1. The van der Waals surface area contributed by atoms with E-state index < -0.39 is 0 Å². The van der Waals surface area contributed by atoms with Gasteiger partial charge < -0.3 is 5.32 Å². The van der Waals surface area contributed by atoms with E-state index in [2.05, 4.69) is 5.32 Å². The summed E-state index contributed by atoms with van der Waals surface area (Å²) in [6.07, 6.45) is 2.51. The number of aryl methyl sites for hydroxylation is 1. The Kier molecular flexibility index (Phi) is 3.77. The molecule has 1 aliphatic rings. The van der Waals surface area contributed by atoms with Gasteiger partial charge in [0.15, 0.2) is 0 Å². The van der Waals surface area contributed by atoms with Crippen molar-refractivity contribution in [3.8, 4) is 11.1 Å². The standard InChI is InChI=1S/C17H17ClFN/c1-11-2-7-17(19)15(8-11)12-3-4-13(16(18)9-12)10-20-14-5-6-14/h2-4,7-9,14,20H,5-6,10H2,1H3. The molecule has 0 radical (unpaired) electrons. The summed E-state index contributed by atoms with van der Waals surface area (Å²) in [5.41, 5.74) is 3.53. The zero-order valence-electron chi connectivity index (χ0n) is 11.4. The molecule has 0 heterocycles. The highest BCUT2D eigenvalue weighted by molar-refractivity contribution is 6.31. The third-order valence-electron chi connectivity index (χ3n) is 3.64. The molecule has 1 saturated carbocycles. The van der Waals surface area contributed by atoms with E-state index in [1.54, 1.807) is 6.07 Å². The molecule has 1 fully saturated rings. The van der Waals surface area contributed by atoms with Crippen LogP contribution in [0.2, 0.25) is 5.02 Å². The van der Waals surface area contributed by atoms with Gasteiger partial charge in [-0.1, -0.05) is 35.4 Å². The fourth-order valence-electron chi connectivity index (χ4n) is 2.26.